The second-order valence-electron chi connectivity index (χ2n) is 8.29. The van der Waals surface area contributed by atoms with E-state index in [1.54, 1.807) is 0 Å². The Hall–Kier alpha value is -3.12. The number of piperazine rings is 1. The molecule has 6 heteroatoms. The maximum Gasteiger partial charge on any atom is 0.264 e. The molecular weight excluding hydrogens is 404 g/mol. The number of hydrogen-bond donors (Lipinski definition) is 0. The van der Waals surface area contributed by atoms with Gasteiger partial charge in [-0.2, -0.15) is 5.10 Å². The van der Waals surface area contributed by atoms with Gasteiger partial charge >= 0.3 is 0 Å². The molecule has 0 aliphatic carbocycles. The molecule has 5 rings (SSSR count). The summed E-state index contributed by atoms with van der Waals surface area (Å²) in [4.78, 5) is 19.6. The van der Waals surface area contributed by atoms with Crippen molar-refractivity contribution in [3.63, 3.8) is 0 Å². The van der Waals surface area contributed by atoms with Crippen molar-refractivity contribution in [2.45, 2.75) is 26.8 Å². The molecule has 0 bridgehead atoms. The second kappa shape index (κ2) is 7.85. The number of fused-ring (bicyclic) bond motifs is 1. The molecule has 0 spiro atoms. The van der Waals surface area contributed by atoms with Crippen molar-refractivity contribution >= 4 is 33.1 Å². The van der Waals surface area contributed by atoms with Gasteiger partial charge in [0.05, 0.1) is 16.3 Å². The van der Waals surface area contributed by atoms with Gasteiger partial charge in [-0.15, -0.1) is 11.3 Å². The van der Waals surface area contributed by atoms with Crippen LogP contribution in [0.2, 0.25) is 0 Å². The van der Waals surface area contributed by atoms with Crippen LogP contribution in [0, 0.1) is 13.8 Å². The first-order valence-electron chi connectivity index (χ1n) is 10.7. The molecule has 1 fully saturated rings. The predicted molar refractivity (Wildman–Crippen MR) is 128 cm³/mol. The molecule has 2 aromatic heterocycles. The second-order valence-corrected chi connectivity index (χ2v) is 9.33. The lowest BCUT2D eigenvalue weighted by molar-refractivity contribution is 0.0731. The van der Waals surface area contributed by atoms with Crippen molar-refractivity contribution in [1.29, 1.82) is 0 Å². The summed E-state index contributed by atoms with van der Waals surface area (Å²) in [5, 5.41) is 5.75. The first-order valence-corrected chi connectivity index (χ1v) is 11.5. The summed E-state index contributed by atoms with van der Waals surface area (Å²) < 4.78 is 1.95. The molecule has 5 nitrogen and oxygen atoms in total. The first-order chi connectivity index (χ1) is 15.0. The molecule has 1 unspecified atom stereocenters. The standard InChI is InChI=1S/C25H26N4OS/c1-17-8-7-11-21(14-17)28-13-12-27(16-18(28)2)24(30)23-15-22-19(3)26-29(25(22)31-23)20-9-5-4-6-10-20/h4-11,14-15,18H,12-13,16H2,1-3H3. The highest BCUT2D eigenvalue weighted by molar-refractivity contribution is 7.20. The van der Waals surface area contributed by atoms with Crippen LogP contribution >= 0.6 is 11.3 Å². The highest BCUT2D eigenvalue weighted by atomic mass is 32.1. The van der Waals surface area contributed by atoms with E-state index in [9.17, 15) is 4.79 Å². The molecule has 1 saturated heterocycles. The van der Waals surface area contributed by atoms with E-state index < -0.39 is 0 Å². The number of benzene rings is 2. The number of para-hydroxylation sites is 1. The van der Waals surface area contributed by atoms with E-state index in [2.05, 4.69) is 43.0 Å². The fraction of sp³-hybridized carbons (Fsp3) is 0.280. The summed E-state index contributed by atoms with van der Waals surface area (Å²) in [6.07, 6.45) is 0. The quantitative estimate of drug-likeness (QED) is 0.456. The van der Waals surface area contributed by atoms with Gasteiger partial charge in [-0.3, -0.25) is 4.79 Å². The third-order valence-electron chi connectivity index (χ3n) is 6.00. The van der Waals surface area contributed by atoms with Crippen LogP contribution in [0.15, 0.2) is 60.7 Å². The van der Waals surface area contributed by atoms with Crippen molar-refractivity contribution in [2.24, 2.45) is 0 Å². The average Bonchev–Trinajstić information content (AvgIpc) is 3.34. The monoisotopic (exact) mass is 430 g/mol. The number of rotatable bonds is 3. The smallest absolute Gasteiger partial charge is 0.264 e. The number of carbonyl (C=O) groups excluding carboxylic acids is 1. The van der Waals surface area contributed by atoms with Crippen LogP contribution in [0.3, 0.4) is 0 Å². The molecule has 1 atom stereocenters. The molecular formula is C25H26N4OS. The van der Waals surface area contributed by atoms with Gasteiger partial charge < -0.3 is 9.80 Å². The third-order valence-corrected chi connectivity index (χ3v) is 7.10. The van der Waals surface area contributed by atoms with E-state index >= 15 is 0 Å². The lowest BCUT2D eigenvalue weighted by atomic mass is 10.1. The minimum absolute atomic E-state index is 0.121. The zero-order valence-corrected chi connectivity index (χ0v) is 18.9. The minimum Gasteiger partial charge on any atom is -0.365 e. The molecule has 1 aliphatic rings. The van der Waals surface area contributed by atoms with E-state index in [-0.39, 0.29) is 11.9 Å². The first kappa shape index (κ1) is 19.8. The molecule has 31 heavy (non-hydrogen) atoms. The summed E-state index contributed by atoms with van der Waals surface area (Å²) in [7, 11) is 0. The summed E-state index contributed by atoms with van der Waals surface area (Å²) >= 11 is 1.54. The number of anilines is 1. The Kier molecular flexibility index (Phi) is 5.02. The van der Waals surface area contributed by atoms with Crippen molar-refractivity contribution in [2.75, 3.05) is 24.5 Å². The van der Waals surface area contributed by atoms with Gasteiger partial charge in [-0.25, -0.2) is 4.68 Å². The highest BCUT2D eigenvalue weighted by Crippen LogP contribution is 2.32. The SMILES string of the molecule is Cc1cccc(N2CCN(C(=O)c3cc4c(C)nn(-c5ccccc5)c4s3)CC2C)c1. The minimum atomic E-state index is 0.121. The Morgan fingerprint density at radius 2 is 1.77 bits per heavy atom. The molecule has 2 aromatic carbocycles. The van der Waals surface area contributed by atoms with Crippen molar-refractivity contribution in [3.05, 3.63) is 76.8 Å². The molecule has 0 N–H and O–H groups in total. The van der Waals surface area contributed by atoms with Gasteiger partial charge in [0, 0.05) is 36.7 Å². The van der Waals surface area contributed by atoms with Crippen molar-refractivity contribution in [3.8, 4) is 5.69 Å². The van der Waals surface area contributed by atoms with Crippen LogP contribution in [0.4, 0.5) is 5.69 Å². The summed E-state index contributed by atoms with van der Waals surface area (Å²) in [6, 6.07) is 21.0. The van der Waals surface area contributed by atoms with Crippen LogP contribution in [0.5, 0.6) is 0 Å². The Bertz CT molecular complexity index is 1240. The van der Waals surface area contributed by atoms with Crippen LogP contribution in [-0.2, 0) is 0 Å². The molecule has 3 heterocycles. The molecule has 1 amide bonds. The third kappa shape index (κ3) is 3.61. The average molecular weight is 431 g/mol. The maximum atomic E-state index is 13.4. The number of amides is 1. The van der Waals surface area contributed by atoms with Crippen molar-refractivity contribution < 1.29 is 4.79 Å². The highest BCUT2D eigenvalue weighted by Gasteiger charge is 2.29. The molecule has 158 valence electrons. The van der Waals surface area contributed by atoms with E-state index in [0.717, 1.165) is 46.1 Å². The van der Waals surface area contributed by atoms with Gasteiger partial charge in [0.25, 0.3) is 5.91 Å². The van der Waals surface area contributed by atoms with Crippen LogP contribution < -0.4 is 4.90 Å². The van der Waals surface area contributed by atoms with E-state index in [0.29, 0.717) is 0 Å². The summed E-state index contributed by atoms with van der Waals surface area (Å²) in [5.41, 5.74) is 4.46. The zero-order valence-electron chi connectivity index (χ0n) is 18.1. The van der Waals surface area contributed by atoms with E-state index in [1.165, 1.54) is 22.6 Å². The Morgan fingerprint density at radius 1 is 1.00 bits per heavy atom. The molecule has 4 aromatic rings. The number of aromatic nitrogens is 2. The Balaban J connectivity index is 1.38. The number of hydrogen-bond acceptors (Lipinski definition) is 4. The van der Waals surface area contributed by atoms with E-state index in [1.807, 2.05) is 52.9 Å². The maximum absolute atomic E-state index is 13.4. The number of nitrogens with zero attached hydrogens (tertiary/aromatic N) is 4. The predicted octanol–water partition coefficient (Wildman–Crippen LogP) is 5.05. The molecule has 1 aliphatic heterocycles. The van der Waals surface area contributed by atoms with Gasteiger partial charge in [-0.1, -0.05) is 30.3 Å². The van der Waals surface area contributed by atoms with Crippen molar-refractivity contribution in [1.82, 2.24) is 14.7 Å². The topological polar surface area (TPSA) is 41.4 Å². The van der Waals surface area contributed by atoms with Crippen LogP contribution in [-0.4, -0.2) is 46.3 Å². The van der Waals surface area contributed by atoms with Crippen LogP contribution in [0.1, 0.15) is 27.9 Å². The lowest BCUT2D eigenvalue weighted by Gasteiger charge is -2.41. The Labute approximate surface area is 186 Å². The number of aryl methyl sites for hydroxylation is 2. The van der Waals surface area contributed by atoms with Gasteiger partial charge in [0.1, 0.15) is 4.83 Å². The zero-order chi connectivity index (χ0) is 21.5. The lowest BCUT2D eigenvalue weighted by Crippen LogP contribution is -2.53. The normalized spacial score (nSPS) is 16.8. The molecule has 0 saturated carbocycles. The van der Waals surface area contributed by atoms with Gasteiger partial charge in [0.2, 0.25) is 0 Å². The number of carbonyl (C=O) groups is 1. The van der Waals surface area contributed by atoms with Gasteiger partial charge in [0.15, 0.2) is 0 Å². The van der Waals surface area contributed by atoms with Crippen LogP contribution in [0.25, 0.3) is 15.9 Å². The number of thiophene rings is 1. The Morgan fingerprint density at radius 3 is 2.52 bits per heavy atom. The fourth-order valence-corrected chi connectivity index (χ4v) is 5.54. The fourth-order valence-electron chi connectivity index (χ4n) is 4.38. The summed E-state index contributed by atoms with van der Waals surface area (Å²) in [5.74, 6) is 0.121. The van der Waals surface area contributed by atoms with E-state index in [4.69, 9.17) is 5.10 Å². The molecule has 0 radical (unpaired) electrons. The summed E-state index contributed by atoms with van der Waals surface area (Å²) in [6.45, 7) is 8.63. The largest absolute Gasteiger partial charge is 0.365 e. The van der Waals surface area contributed by atoms with Gasteiger partial charge in [-0.05, 0) is 56.7 Å².